The van der Waals surface area contributed by atoms with Crippen LogP contribution in [0.1, 0.15) is 25.7 Å². The number of urea groups is 1. The first kappa shape index (κ1) is 17.8. The summed E-state index contributed by atoms with van der Waals surface area (Å²) < 4.78 is 48.8. The van der Waals surface area contributed by atoms with E-state index < -0.39 is 29.4 Å². The molecular formula is C15H19F3N2O2S. The zero-order valence-electron chi connectivity index (χ0n) is 12.7. The quantitative estimate of drug-likeness (QED) is 0.881. The molecule has 1 N–H and O–H groups in total. The third kappa shape index (κ3) is 5.23. The molecule has 1 aromatic rings. The molecule has 0 bridgehead atoms. The van der Waals surface area contributed by atoms with Crippen molar-refractivity contribution < 1.29 is 22.2 Å². The van der Waals surface area contributed by atoms with Crippen LogP contribution in [-0.2, 0) is 10.8 Å². The van der Waals surface area contributed by atoms with Crippen LogP contribution in [0.5, 0.6) is 0 Å². The molecule has 0 radical (unpaired) electrons. The molecule has 0 saturated heterocycles. The van der Waals surface area contributed by atoms with Gasteiger partial charge in [-0.25, -0.2) is 4.79 Å². The number of carbonyl (C=O) groups excluding carboxylic acids is 1. The summed E-state index contributed by atoms with van der Waals surface area (Å²) in [6.07, 6.45) is -1.42. The number of hydrogen-bond donors (Lipinski definition) is 1. The zero-order valence-corrected chi connectivity index (χ0v) is 13.5. The minimum Gasteiger partial charge on any atom is -0.321 e. The minimum atomic E-state index is -4.29. The maximum atomic E-state index is 12.4. The maximum absolute atomic E-state index is 12.4. The first-order valence-electron chi connectivity index (χ1n) is 7.34. The molecule has 2 amide bonds. The van der Waals surface area contributed by atoms with Gasteiger partial charge in [-0.1, -0.05) is 6.07 Å². The Bertz CT molecular complexity index is 588. The van der Waals surface area contributed by atoms with Crippen molar-refractivity contribution in [3.63, 3.8) is 0 Å². The smallest absolute Gasteiger partial charge is 0.321 e. The number of nitrogens with zero attached hydrogens (tertiary/aromatic N) is 1. The predicted molar refractivity (Wildman–Crippen MR) is 82.8 cm³/mol. The van der Waals surface area contributed by atoms with Gasteiger partial charge in [-0.05, 0) is 37.5 Å². The van der Waals surface area contributed by atoms with E-state index in [9.17, 15) is 22.2 Å². The van der Waals surface area contributed by atoms with Gasteiger partial charge in [0.05, 0.1) is 6.42 Å². The van der Waals surface area contributed by atoms with Crippen molar-refractivity contribution in [3.8, 4) is 0 Å². The average Bonchev–Trinajstić information content (AvgIpc) is 2.40. The van der Waals surface area contributed by atoms with Gasteiger partial charge in [0.1, 0.15) is 0 Å². The number of nitrogens with one attached hydrogen (secondary N) is 1. The minimum absolute atomic E-state index is 0.138. The van der Waals surface area contributed by atoms with Crippen molar-refractivity contribution in [1.82, 2.24) is 4.90 Å². The van der Waals surface area contributed by atoms with Crippen molar-refractivity contribution in [2.45, 2.75) is 42.8 Å². The van der Waals surface area contributed by atoms with Gasteiger partial charge in [-0.15, -0.1) is 0 Å². The van der Waals surface area contributed by atoms with Crippen molar-refractivity contribution in [2.24, 2.45) is 0 Å². The molecule has 2 rings (SSSR count). The summed E-state index contributed by atoms with van der Waals surface area (Å²) >= 11 is 0. The summed E-state index contributed by atoms with van der Waals surface area (Å²) in [6, 6.07) is 5.82. The molecule has 1 aromatic carbocycles. The first-order chi connectivity index (χ1) is 10.8. The fraction of sp³-hybridized carbons (Fsp3) is 0.533. The van der Waals surface area contributed by atoms with Gasteiger partial charge < -0.3 is 10.2 Å². The molecule has 0 unspecified atom stereocenters. The second kappa shape index (κ2) is 7.33. The number of alkyl halides is 3. The summed E-state index contributed by atoms with van der Waals surface area (Å²) in [6.45, 7) is -0.348. The number of rotatable bonds is 5. The predicted octanol–water partition coefficient (Wildman–Crippen LogP) is 3.76. The van der Waals surface area contributed by atoms with Gasteiger partial charge in [-0.3, -0.25) is 4.21 Å². The lowest BCUT2D eigenvalue weighted by molar-refractivity contribution is -0.137. The molecule has 0 aromatic heterocycles. The molecule has 1 atom stereocenters. The Kier molecular flexibility index (Phi) is 5.67. The normalized spacial score (nSPS) is 16.5. The van der Waals surface area contributed by atoms with Crippen molar-refractivity contribution in [2.75, 3.05) is 18.1 Å². The lowest BCUT2D eigenvalue weighted by Gasteiger charge is -2.37. The van der Waals surface area contributed by atoms with Crippen LogP contribution in [0.15, 0.2) is 29.2 Å². The van der Waals surface area contributed by atoms with E-state index in [1.165, 1.54) is 11.2 Å². The molecule has 1 saturated carbocycles. The zero-order chi connectivity index (χ0) is 17.0. The molecule has 0 spiro atoms. The van der Waals surface area contributed by atoms with E-state index in [-0.39, 0.29) is 12.6 Å². The Labute approximate surface area is 135 Å². The SMILES string of the molecule is C[S@](=O)c1cccc(NC(=O)N(CCC(F)(F)F)C2CCC2)c1. The Balaban J connectivity index is 2.05. The van der Waals surface area contributed by atoms with E-state index in [1.807, 2.05) is 0 Å². The second-order valence-corrected chi connectivity index (χ2v) is 6.94. The fourth-order valence-electron chi connectivity index (χ4n) is 2.34. The number of amides is 2. The van der Waals surface area contributed by atoms with E-state index in [0.29, 0.717) is 10.6 Å². The molecule has 0 heterocycles. The molecule has 1 fully saturated rings. The van der Waals surface area contributed by atoms with Crippen molar-refractivity contribution in [1.29, 1.82) is 0 Å². The van der Waals surface area contributed by atoms with Crippen LogP contribution in [0.25, 0.3) is 0 Å². The number of carbonyl (C=O) groups is 1. The lowest BCUT2D eigenvalue weighted by atomic mass is 9.91. The number of hydrogen-bond acceptors (Lipinski definition) is 2. The average molecular weight is 348 g/mol. The maximum Gasteiger partial charge on any atom is 0.390 e. The molecule has 1 aliphatic carbocycles. The van der Waals surface area contributed by atoms with Crippen LogP contribution >= 0.6 is 0 Å². The third-order valence-corrected chi connectivity index (χ3v) is 4.75. The van der Waals surface area contributed by atoms with Crippen LogP contribution < -0.4 is 5.32 Å². The van der Waals surface area contributed by atoms with Crippen LogP contribution in [-0.4, -0.2) is 40.2 Å². The molecular weight excluding hydrogens is 329 g/mol. The molecule has 1 aliphatic rings. The van der Waals surface area contributed by atoms with Gasteiger partial charge in [-0.2, -0.15) is 13.2 Å². The van der Waals surface area contributed by atoms with Gasteiger partial charge in [0.2, 0.25) is 0 Å². The highest BCUT2D eigenvalue weighted by Gasteiger charge is 2.33. The van der Waals surface area contributed by atoms with E-state index in [2.05, 4.69) is 5.32 Å². The van der Waals surface area contributed by atoms with Gasteiger partial charge >= 0.3 is 12.2 Å². The molecule has 8 heteroatoms. The Morgan fingerprint density at radius 3 is 2.61 bits per heavy atom. The third-order valence-electron chi connectivity index (χ3n) is 3.83. The Hall–Kier alpha value is -1.57. The van der Waals surface area contributed by atoms with Crippen molar-refractivity contribution >= 4 is 22.5 Å². The van der Waals surface area contributed by atoms with E-state index in [4.69, 9.17) is 0 Å². The van der Waals surface area contributed by atoms with Gasteiger partial charge in [0.15, 0.2) is 0 Å². The topological polar surface area (TPSA) is 49.4 Å². The van der Waals surface area contributed by atoms with Crippen LogP contribution in [0.2, 0.25) is 0 Å². The van der Waals surface area contributed by atoms with E-state index >= 15 is 0 Å². The van der Waals surface area contributed by atoms with Crippen LogP contribution in [0.4, 0.5) is 23.7 Å². The van der Waals surface area contributed by atoms with Crippen molar-refractivity contribution in [3.05, 3.63) is 24.3 Å². The van der Waals surface area contributed by atoms with Gasteiger partial charge in [0.25, 0.3) is 0 Å². The highest BCUT2D eigenvalue weighted by molar-refractivity contribution is 7.84. The second-order valence-electron chi connectivity index (χ2n) is 5.56. The lowest BCUT2D eigenvalue weighted by Crippen LogP contribution is -2.47. The standard InChI is InChI=1S/C15H19F3N2O2S/c1-23(22)13-7-2-4-11(10-13)19-14(21)20(12-5-3-6-12)9-8-15(16,17)18/h2,4,7,10,12H,3,5-6,8-9H2,1H3,(H,19,21)/t23-/m0/s1. The molecule has 128 valence electrons. The molecule has 4 nitrogen and oxygen atoms in total. The summed E-state index contributed by atoms with van der Waals surface area (Å²) in [5.41, 5.74) is 0.430. The highest BCUT2D eigenvalue weighted by atomic mass is 32.2. The van der Waals surface area contributed by atoms with Gasteiger partial charge in [0, 0.05) is 40.2 Å². The fourth-order valence-corrected chi connectivity index (χ4v) is 2.91. The summed E-state index contributed by atoms with van der Waals surface area (Å²) in [5, 5.41) is 2.61. The summed E-state index contributed by atoms with van der Waals surface area (Å²) in [7, 11) is -1.19. The van der Waals surface area contributed by atoms with E-state index in [0.717, 1.165) is 19.3 Å². The van der Waals surface area contributed by atoms with Crippen LogP contribution in [0, 0.1) is 0 Å². The first-order valence-corrected chi connectivity index (χ1v) is 8.90. The largest absolute Gasteiger partial charge is 0.390 e. The van der Waals surface area contributed by atoms with Crippen LogP contribution in [0.3, 0.4) is 0 Å². The summed E-state index contributed by atoms with van der Waals surface area (Å²) in [4.78, 5) is 14.1. The highest BCUT2D eigenvalue weighted by Crippen LogP contribution is 2.28. The summed E-state index contributed by atoms with van der Waals surface area (Å²) in [5.74, 6) is 0. The number of halogens is 3. The van der Waals surface area contributed by atoms with E-state index in [1.54, 1.807) is 24.3 Å². The monoisotopic (exact) mass is 348 g/mol. The number of benzene rings is 1. The molecule has 0 aliphatic heterocycles. The Morgan fingerprint density at radius 1 is 1.39 bits per heavy atom. The molecule has 23 heavy (non-hydrogen) atoms. The Morgan fingerprint density at radius 2 is 2.09 bits per heavy atom. The number of anilines is 1.